The number of hydrogen-bond acceptors (Lipinski definition) is 6. The number of aromatic nitrogens is 1. The predicted molar refractivity (Wildman–Crippen MR) is 127 cm³/mol. The molecule has 2 saturated heterocycles. The van der Waals surface area contributed by atoms with E-state index in [1.54, 1.807) is 25.7 Å². The molecule has 2 aliphatic heterocycles. The molecule has 11 heteroatoms. The molecule has 2 atom stereocenters. The molecule has 0 spiro atoms. The Morgan fingerprint density at radius 2 is 2.00 bits per heavy atom. The molecule has 3 fully saturated rings. The zero-order chi connectivity index (χ0) is 26.0. The van der Waals surface area contributed by atoms with Gasteiger partial charge in [-0.05, 0) is 46.1 Å². The fourth-order valence-electron chi connectivity index (χ4n) is 5.34. The van der Waals surface area contributed by atoms with Crippen molar-refractivity contribution < 1.29 is 33.0 Å². The summed E-state index contributed by atoms with van der Waals surface area (Å²) in [5.74, 6) is -3.37. The number of nitrogens with one attached hydrogen (secondary N) is 1. The molecule has 1 aromatic heterocycles. The van der Waals surface area contributed by atoms with Gasteiger partial charge in [0.15, 0.2) is 5.82 Å². The number of benzene rings is 1. The number of carbonyl (C=O) groups excluding carboxylic acids is 1. The van der Waals surface area contributed by atoms with Gasteiger partial charge in [0.25, 0.3) is 0 Å². The first-order valence-corrected chi connectivity index (χ1v) is 12.1. The third-order valence-corrected chi connectivity index (χ3v) is 7.10. The third-order valence-electron chi connectivity index (χ3n) is 7.10. The molecule has 0 radical (unpaired) electrons. The molecule has 5 rings (SSSR count). The lowest BCUT2D eigenvalue weighted by atomic mass is 9.91. The zero-order valence-corrected chi connectivity index (χ0v) is 20.4. The van der Waals surface area contributed by atoms with E-state index < -0.39 is 45.9 Å². The number of carboxylic acid groups (broad SMARTS) is 1. The number of fused-ring (bicyclic) bond motifs is 2. The highest BCUT2D eigenvalue weighted by atomic mass is 19.1. The Kier molecular flexibility index (Phi) is 5.73. The number of halogens is 2. The van der Waals surface area contributed by atoms with Gasteiger partial charge in [0.2, 0.25) is 5.43 Å². The summed E-state index contributed by atoms with van der Waals surface area (Å²) in [6, 6.07) is 0.784. The van der Waals surface area contributed by atoms with E-state index in [9.17, 15) is 19.5 Å². The van der Waals surface area contributed by atoms with Crippen LogP contribution >= 0.6 is 0 Å². The van der Waals surface area contributed by atoms with Crippen molar-refractivity contribution in [3.8, 4) is 0 Å². The normalized spacial score (nSPS) is 23.7. The van der Waals surface area contributed by atoms with E-state index in [0.717, 1.165) is 12.3 Å². The second kappa shape index (κ2) is 8.43. The van der Waals surface area contributed by atoms with Crippen LogP contribution in [0, 0.1) is 17.6 Å². The average Bonchev–Trinajstić information content (AvgIpc) is 3.44. The molecule has 194 valence electrons. The van der Waals surface area contributed by atoms with Crippen molar-refractivity contribution in [2.75, 3.05) is 31.1 Å². The van der Waals surface area contributed by atoms with Crippen molar-refractivity contribution in [2.45, 2.75) is 57.3 Å². The van der Waals surface area contributed by atoms with Crippen LogP contribution in [-0.2, 0) is 9.47 Å². The SMILES string of the molecule is CC(C)(C)OC(=O)NCC12CN(c3c(F)cc4c(=O)c(C(=O)O)cn(C5CC5)c4c3F)CC1CCO2. The molecule has 3 aliphatic rings. The van der Waals surface area contributed by atoms with Crippen LogP contribution in [0.1, 0.15) is 56.4 Å². The molecule has 1 aliphatic carbocycles. The van der Waals surface area contributed by atoms with Gasteiger partial charge in [-0.15, -0.1) is 0 Å². The topological polar surface area (TPSA) is 110 Å². The maximum absolute atomic E-state index is 16.0. The molecule has 0 bridgehead atoms. The van der Waals surface area contributed by atoms with Gasteiger partial charge < -0.3 is 29.4 Å². The lowest BCUT2D eigenvalue weighted by Crippen LogP contribution is -2.49. The Labute approximate surface area is 206 Å². The number of ether oxygens (including phenoxy) is 2. The Morgan fingerprint density at radius 1 is 1.28 bits per heavy atom. The van der Waals surface area contributed by atoms with Gasteiger partial charge in [0.1, 0.15) is 28.3 Å². The van der Waals surface area contributed by atoms with Crippen LogP contribution in [0.15, 0.2) is 17.1 Å². The number of amides is 1. The van der Waals surface area contributed by atoms with E-state index >= 15 is 8.78 Å². The highest BCUT2D eigenvalue weighted by molar-refractivity contribution is 5.94. The third kappa shape index (κ3) is 4.19. The highest BCUT2D eigenvalue weighted by Crippen LogP contribution is 2.44. The molecule has 1 saturated carbocycles. The number of pyridine rings is 1. The number of carbonyl (C=O) groups is 2. The fraction of sp³-hybridized carbons (Fsp3) is 0.560. The smallest absolute Gasteiger partial charge is 0.407 e. The van der Waals surface area contributed by atoms with Gasteiger partial charge in [-0.25, -0.2) is 18.4 Å². The minimum atomic E-state index is -1.44. The number of anilines is 1. The van der Waals surface area contributed by atoms with Crippen molar-refractivity contribution in [1.29, 1.82) is 0 Å². The van der Waals surface area contributed by atoms with Crippen molar-refractivity contribution in [3.63, 3.8) is 0 Å². The lowest BCUT2D eigenvalue weighted by Gasteiger charge is -2.30. The quantitative estimate of drug-likeness (QED) is 0.641. The second-order valence-corrected chi connectivity index (χ2v) is 10.9. The molecule has 2 unspecified atom stereocenters. The predicted octanol–water partition coefficient (Wildman–Crippen LogP) is 3.43. The molecule has 36 heavy (non-hydrogen) atoms. The minimum Gasteiger partial charge on any atom is -0.477 e. The molecule has 9 nitrogen and oxygen atoms in total. The van der Waals surface area contributed by atoms with Gasteiger partial charge in [-0.3, -0.25) is 4.79 Å². The van der Waals surface area contributed by atoms with Gasteiger partial charge in [0.05, 0.1) is 17.4 Å². The number of aromatic carboxylic acids is 1. The van der Waals surface area contributed by atoms with E-state index in [1.807, 2.05) is 0 Å². The standard InChI is InChI=1S/C25H29F2N3O6/c1-24(2,3)36-23(34)28-11-25-12-29(9-13(25)6-7-35-25)20-17(26)8-15-19(18(20)27)30(14-4-5-14)10-16(21(15)31)22(32)33/h8,10,13-14H,4-7,9,11-12H2,1-3H3,(H,28,34)(H,32,33). The van der Waals surface area contributed by atoms with E-state index in [2.05, 4.69) is 5.32 Å². The Bertz CT molecular complexity index is 1320. The van der Waals surface area contributed by atoms with Crippen molar-refractivity contribution >= 4 is 28.7 Å². The monoisotopic (exact) mass is 505 g/mol. The van der Waals surface area contributed by atoms with Crippen molar-refractivity contribution in [3.05, 3.63) is 39.7 Å². The summed E-state index contributed by atoms with van der Waals surface area (Å²) in [7, 11) is 0. The van der Waals surface area contributed by atoms with Crippen LogP contribution in [-0.4, -0.2) is 59.2 Å². The highest BCUT2D eigenvalue weighted by Gasteiger charge is 2.52. The van der Waals surface area contributed by atoms with Crippen molar-refractivity contribution in [1.82, 2.24) is 9.88 Å². The molecular formula is C25H29F2N3O6. The minimum absolute atomic E-state index is 0.0815. The lowest BCUT2D eigenvalue weighted by molar-refractivity contribution is -0.000290. The summed E-state index contributed by atoms with van der Waals surface area (Å²) in [5, 5.41) is 11.9. The summed E-state index contributed by atoms with van der Waals surface area (Å²) in [6.07, 6.45) is 2.64. The maximum Gasteiger partial charge on any atom is 0.407 e. The van der Waals surface area contributed by atoms with Gasteiger partial charge in [-0.2, -0.15) is 0 Å². The summed E-state index contributed by atoms with van der Waals surface area (Å²) in [6.45, 7) is 6.28. The number of carboxylic acids is 1. The molecule has 3 heterocycles. The molecular weight excluding hydrogens is 476 g/mol. The summed E-state index contributed by atoms with van der Waals surface area (Å²) >= 11 is 0. The maximum atomic E-state index is 16.0. The fourth-order valence-corrected chi connectivity index (χ4v) is 5.34. The zero-order valence-electron chi connectivity index (χ0n) is 20.4. The number of hydrogen-bond donors (Lipinski definition) is 2. The average molecular weight is 506 g/mol. The largest absolute Gasteiger partial charge is 0.477 e. The van der Waals surface area contributed by atoms with Crippen LogP contribution in [0.4, 0.5) is 19.3 Å². The van der Waals surface area contributed by atoms with E-state index in [1.165, 1.54) is 4.57 Å². The summed E-state index contributed by atoms with van der Waals surface area (Å²) < 4.78 is 44.2. The van der Waals surface area contributed by atoms with Gasteiger partial charge in [0, 0.05) is 37.9 Å². The van der Waals surface area contributed by atoms with E-state index in [4.69, 9.17) is 9.47 Å². The Morgan fingerprint density at radius 3 is 2.64 bits per heavy atom. The van der Waals surface area contributed by atoms with Crippen LogP contribution in [0.5, 0.6) is 0 Å². The summed E-state index contributed by atoms with van der Waals surface area (Å²) in [4.78, 5) is 38.1. The van der Waals surface area contributed by atoms with Crippen LogP contribution in [0.3, 0.4) is 0 Å². The van der Waals surface area contributed by atoms with Crippen LogP contribution < -0.4 is 15.6 Å². The summed E-state index contributed by atoms with van der Waals surface area (Å²) in [5.41, 5.74) is -3.32. The molecule has 1 aromatic carbocycles. The first kappa shape index (κ1) is 24.5. The number of rotatable bonds is 5. The first-order valence-electron chi connectivity index (χ1n) is 12.1. The van der Waals surface area contributed by atoms with Crippen LogP contribution in [0.2, 0.25) is 0 Å². The number of nitrogens with zero attached hydrogens (tertiary/aromatic N) is 2. The Balaban J connectivity index is 1.50. The molecule has 2 aromatic rings. The van der Waals surface area contributed by atoms with Gasteiger partial charge >= 0.3 is 12.1 Å². The number of alkyl carbamates (subject to hydrolysis) is 1. The second-order valence-electron chi connectivity index (χ2n) is 10.9. The first-order chi connectivity index (χ1) is 16.9. The van der Waals surface area contributed by atoms with E-state index in [-0.39, 0.29) is 41.6 Å². The molecule has 2 N–H and O–H groups in total. The van der Waals surface area contributed by atoms with E-state index in [0.29, 0.717) is 32.4 Å². The van der Waals surface area contributed by atoms with Crippen LogP contribution in [0.25, 0.3) is 10.9 Å². The molecule has 1 amide bonds. The Hall–Kier alpha value is -3.21. The van der Waals surface area contributed by atoms with Crippen molar-refractivity contribution in [2.24, 2.45) is 5.92 Å². The van der Waals surface area contributed by atoms with Gasteiger partial charge in [-0.1, -0.05) is 0 Å².